The fourth-order valence-electron chi connectivity index (χ4n) is 2.16. The molecule has 0 atom stereocenters. The third-order valence-corrected chi connectivity index (χ3v) is 4.80. The summed E-state index contributed by atoms with van der Waals surface area (Å²) in [5.74, 6) is 0.930. The van der Waals surface area contributed by atoms with Crippen LogP contribution in [0.1, 0.15) is 0 Å². The number of hydrogen-bond acceptors (Lipinski definition) is 5. The van der Waals surface area contributed by atoms with Crippen molar-refractivity contribution in [2.24, 2.45) is 0 Å². The van der Waals surface area contributed by atoms with E-state index < -0.39 is 0 Å². The zero-order chi connectivity index (χ0) is 18.5. The lowest BCUT2D eigenvalue weighted by molar-refractivity contribution is -0.113. The van der Waals surface area contributed by atoms with E-state index in [1.54, 1.807) is 13.3 Å². The number of aromatic nitrogens is 3. The summed E-state index contributed by atoms with van der Waals surface area (Å²) in [6.45, 7) is 0. The monoisotopic (exact) mass is 408 g/mol. The number of pyridine rings is 1. The number of amides is 1. The Morgan fingerprint density at radius 1 is 1.31 bits per heavy atom. The molecule has 0 saturated carbocycles. The first-order valence-electron chi connectivity index (χ1n) is 7.48. The number of carbonyl (C=O) groups excluding carboxylic acids is 1. The number of hydrogen-bond donors (Lipinski definition) is 1. The predicted octanol–water partition coefficient (Wildman–Crippen LogP) is 4.31. The van der Waals surface area contributed by atoms with Crippen molar-refractivity contribution in [2.75, 3.05) is 18.2 Å². The molecule has 0 fully saturated rings. The molecular formula is C17H14Cl2N4O2S. The van der Waals surface area contributed by atoms with Crippen LogP contribution >= 0.6 is 35.0 Å². The van der Waals surface area contributed by atoms with Crippen molar-refractivity contribution >= 4 is 46.7 Å². The summed E-state index contributed by atoms with van der Waals surface area (Å²) >= 11 is 13.1. The molecule has 134 valence electrons. The smallest absolute Gasteiger partial charge is 0.236 e. The van der Waals surface area contributed by atoms with Crippen LogP contribution in [0.2, 0.25) is 10.0 Å². The summed E-state index contributed by atoms with van der Waals surface area (Å²) in [6, 6.07) is 9.11. The van der Waals surface area contributed by atoms with Crippen LogP contribution in [0, 0.1) is 0 Å². The molecule has 1 aromatic carbocycles. The second-order valence-electron chi connectivity index (χ2n) is 5.10. The van der Waals surface area contributed by atoms with Crippen molar-refractivity contribution in [3.63, 3.8) is 0 Å². The lowest BCUT2D eigenvalue weighted by Gasteiger charge is -2.09. The number of benzene rings is 1. The number of carbonyl (C=O) groups is 1. The summed E-state index contributed by atoms with van der Waals surface area (Å²) in [5, 5.41) is 4.03. The van der Waals surface area contributed by atoms with Gasteiger partial charge in [0, 0.05) is 24.7 Å². The number of imidazole rings is 1. The van der Waals surface area contributed by atoms with E-state index in [-0.39, 0.29) is 22.5 Å². The average Bonchev–Trinajstić information content (AvgIpc) is 3.11. The number of nitrogens with zero attached hydrogens (tertiary/aromatic N) is 3. The molecule has 1 amide bonds. The molecule has 0 radical (unpaired) electrons. The van der Waals surface area contributed by atoms with Crippen LogP contribution in [0.5, 0.6) is 5.75 Å². The molecule has 1 N–H and O–H groups in total. The van der Waals surface area contributed by atoms with Gasteiger partial charge in [-0.3, -0.25) is 9.36 Å². The number of halogens is 2. The van der Waals surface area contributed by atoms with E-state index in [1.807, 2.05) is 35.0 Å². The molecule has 3 rings (SSSR count). The van der Waals surface area contributed by atoms with Crippen molar-refractivity contribution in [1.82, 2.24) is 14.5 Å². The Morgan fingerprint density at radius 3 is 2.92 bits per heavy atom. The standard InChI is InChI=1S/C17H14Cl2N4O2S/c1-25-13-4-2-3-12(8-13)23-6-5-20-17(23)26-10-15(24)22-16-14(19)7-11(18)9-21-16/h2-9H,10H2,1H3,(H,21,22,24). The Morgan fingerprint density at radius 2 is 2.15 bits per heavy atom. The van der Waals surface area contributed by atoms with Crippen LogP contribution in [0.4, 0.5) is 5.82 Å². The molecule has 0 unspecified atom stereocenters. The highest BCUT2D eigenvalue weighted by molar-refractivity contribution is 7.99. The van der Waals surface area contributed by atoms with Crippen molar-refractivity contribution < 1.29 is 9.53 Å². The van der Waals surface area contributed by atoms with Gasteiger partial charge in [0.05, 0.1) is 28.6 Å². The van der Waals surface area contributed by atoms with Crippen molar-refractivity contribution in [3.8, 4) is 11.4 Å². The van der Waals surface area contributed by atoms with E-state index in [4.69, 9.17) is 27.9 Å². The predicted molar refractivity (Wildman–Crippen MR) is 104 cm³/mol. The normalized spacial score (nSPS) is 10.6. The number of thioether (sulfide) groups is 1. The largest absolute Gasteiger partial charge is 0.497 e. The molecule has 6 nitrogen and oxygen atoms in total. The molecule has 0 aliphatic rings. The Hall–Kier alpha value is -2.22. The van der Waals surface area contributed by atoms with Gasteiger partial charge in [0.25, 0.3) is 0 Å². The summed E-state index contributed by atoms with van der Waals surface area (Å²) < 4.78 is 7.13. The zero-order valence-corrected chi connectivity index (χ0v) is 16.0. The molecule has 0 aliphatic carbocycles. The van der Waals surface area contributed by atoms with Gasteiger partial charge < -0.3 is 10.1 Å². The van der Waals surface area contributed by atoms with E-state index >= 15 is 0 Å². The Bertz CT molecular complexity index is 933. The van der Waals surface area contributed by atoms with E-state index in [9.17, 15) is 4.79 Å². The summed E-state index contributed by atoms with van der Waals surface area (Å²) in [5.41, 5.74) is 0.896. The molecule has 0 aliphatic heterocycles. The number of ether oxygens (including phenoxy) is 1. The first-order chi connectivity index (χ1) is 12.6. The minimum atomic E-state index is -0.244. The third kappa shape index (κ3) is 4.49. The molecule has 0 saturated heterocycles. The van der Waals surface area contributed by atoms with E-state index in [0.717, 1.165) is 11.4 Å². The van der Waals surface area contributed by atoms with E-state index in [0.29, 0.717) is 10.2 Å². The van der Waals surface area contributed by atoms with Crippen LogP contribution < -0.4 is 10.1 Å². The molecular weight excluding hydrogens is 395 g/mol. The van der Waals surface area contributed by atoms with Gasteiger partial charge in [0.2, 0.25) is 5.91 Å². The van der Waals surface area contributed by atoms with E-state index in [1.165, 1.54) is 24.0 Å². The highest BCUT2D eigenvalue weighted by Crippen LogP contribution is 2.25. The Balaban J connectivity index is 1.67. The van der Waals surface area contributed by atoms with Crippen molar-refractivity contribution in [2.45, 2.75) is 5.16 Å². The molecule has 26 heavy (non-hydrogen) atoms. The fourth-order valence-corrected chi connectivity index (χ4v) is 3.36. The highest BCUT2D eigenvalue weighted by Gasteiger charge is 2.12. The summed E-state index contributed by atoms with van der Waals surface area (Å²) in [7, 11) is 1.61. The van der Waals surface area contributed by atoms with Crippen LogP contribution in [-0.4, -0.2) is 33.3 Å². The fraction of sp³-hybridized carbons (Fsp3) is 0.118. The summed E-state index contributed by atoms with van der Waals surface area (Å²) in [4.78, 5) is 20.5. The third-order valence-electron chi connectivity index (χ3n) is 3.34. The minimum absolute atomic E-state index is 0.154. The lowest BCUT2D eigenvalue weighted by Crippen LogP contribution is -2.15. The number of rotatable bonds is 6. The van der Waals surface area contributed by atoms with Crippen molar-refractivity contribution in [3.05, 3.63) is 59.0 Å². The number of anilines is 1. The van der Waals surface area contributed by atoms with Crippen LogP contribution in [-0.2, 0) is 4.79 Å². The summed E-state index contributed by atoms with van der Waals surface area (Å²) in [6.07, 6.45) is 4.93. The molecule has 2 aromatic heterocycles. The SMILES string of the molecule is COc1cccc(-n2ccnc2SCC(=O)Nc2ncc(Cl)cc2Cl)c1. The van der Waals surface area contributed by atoms with Gasteiger partial charge in [-0.2, -0.15) is 0 Å². The number of methoxy groups -OCH3 is 1. The van der Waals surface area contributed by atoms with Crippen LogP contribution in [0.3, 0.4) is 0 Å². The maximum Gasteiger partial charge on any atom is 0.236 e. The average molecular weight is 409 g/mol. The first-order valence-corrected chi connectivity index (χ1v) is 9.22. The highest BCUT2D eigenvalue weighted by atomic mass is 35.5. The van der Waals surface area contributed by atoms with Gasteiger partial charge in [-0.1, -0.05) is 41.0 Å². The molecule has 3 aromatic rings. The quantitative estimate of drug-likeness (QED) is 0.615. The molecule has 2 heterocycles. The molecule has 0 bridgehead atoms. The topological polar surface area (TPSA) is 69.0 Å². The molecule has 9 heteroatoms. The second kappa shape index (κ2) is 8.44. The van der Waals surface area contributed by atoms with Gasteiger partial charge in [0.15, 0.2) is 11.0 Å². The number of nitrogens with one attached hydrogen (secondary N) is 1. The Kier molecular flexibility index (Phi) is 6.03. The van der Waals surface area contributed by atoms with Gasteiger partial charge in [-0.05, 0) is 18.2 Å². The van der Waals surface area contributed by atoms with Gasteiger partial charge in [-0.15, -0.1) is 0 Å². The maximum atomic E-state index is 12.2. The van der Waals surface area contributed by atoms with Gasteiger partial charge in [-0.25, -0.2) is 9.97 Å². The molecule has 0 spiro atoms. The maximum absolute atomic E-state index is 12.2. The van der Waals surface area contributed by atoms with Crippen molar-refractivity contribution in [1.29, 1.82) is 0 Å². The minimum Gasteiger partial charge on any atom is -0.497 e. The van der Waals surface area contributed by atoms with Crippen LogP contribution in [0.25, 0.3) is 5.69 Å². The van der Waals surface area contributed by atoms with Crippen LogP contribution in [0.15, 0.2) is 54.1 Å². The van der Waals surface area contributed by atoms with E-state index in [2.05, 4.69) is 15.3 Å². The zero-order valence-electron chi connectivity index (χ0n) is 13.6. The van der Waals surface area contributed by atoms with Gasteiger partial charge in [0.1, 0.15) is 5.75 Å². The van der Waals surface area contributed by atoms with Gasteiger partial charge >= 0.3 is 0 Å². The first kappa shape index (κ1) is 18.6. The lowest BCUT2D eigenvalue weighted by atomic mass is 10.3. The Labute approximate surface area is 164 Å². The second-order valence-corrected chi connectivity index (χ2v) is 6.89.